The van der Waals surface area contributed by atoms with Crippen LogP contribution in [0.1, 0.15) is 47.2 Å². The second kappa shape index (κ2) is 11.5. The van der Waals surface area contributed by atoms with Crippen LogP contribution in [0.4, 0.5) is 0 Å². The molecule has 3 heteroatoms. The summed E-state index contributed by atoms with van der Waals surface area (Å²) in [6, 6.07) is 63.1. The van der Waals surface area contributed by atoms with Crippen molar-refractivity contribution in [2.45, 2.75) is 24.7 Å². The summed E-state index contributed by atoms with van der Waals surface area (Å²) in [7, 11) is 0. The molecule has 3 nitrogen and oxygen atoms in total. The van der Waals surface area contributed by atoms with E-state index in [-0.39, 0.29) is 5.41 Å². The molecule has 0 spiro atoms. The van der Waals surface area contributed by atoms with E-state index in [1.165, 1.54) is 55.6 Å². The molecular formula is C49H35N3. The SMILES string of the molecule is CC1(C)c2ccccc2-c2ccc(-c3nc(-c4ccccc4)nc(-c4ccc5c(c4)-c4ccccc4C5(c4ccccc4)c4ccccc4)n3)cc21. The maximum Gasteiger partial charge on any atom is 0.164 e. The number of aromatic nitrogens is 3. The lowest BCUT2D eigenvalue weighted by molar-refractivity contribution is 0.660. The standard InChI is InChI=1S/C49H35N3/c1-48(2)41-24-14-12-22-37(41)39-28-26-34(31-44(39)48)47-51-45(32-16-6-3-7-17-32)50-46(52-47)33-27-29-43-40(30-33)38-23-13-15-25-42(38)49(43,35-18-8-4-9-19-35)36-20-10-5-11-21-36/h3-31H,1-2H3. The first kappa shape index (κ1) is 30.4. The highest BCUT2D eigenvalue weighted by molar-refractivity contribution is 5.89. The molecule has 10 rings (SSSR count). The fourth-order valence-corrected chi connectivity index (χ4v) is 8.78. The summed E-state index contributed by atoms with van der Waals surface area (Å²) in [6.45, 7) is 4.62. The number of fused-ring (bicyclic) bond motifs is 6. The molecule has 0 unspecified atom stereocenters. The molecular weight excluding hydrogens is 631 g/mol. The Labute approximate surface area is 304 Å². The van der Waals surface area contributed by atoms with E-state index in [2.05, 4.69) is 172 Å². The van der Waals surface area contributed by atoms with E-state index < -0.39 is 5.41 Å². The van der Waals surface area contributed by atoms with Crippen molar-refractivity contribution in [3.63, 3.8) is 0 Å². The third kappa shape index (κ3) is 4.42. The minimum absolute atomic E-state index is 0.128. The number of hydrogen-bond donors (Lipinski definition) is 0. The zero-order valence-corrected chi connectivity index (χ0v) is 29.1. The predicted octanol–water partition coefficient (Wildman–Crippen LogP) is 11.5. The van der Waals surface area contributed by atoms with Gasteiger partial charge in [0.05, 0.1) is 5.41 Å². The first-order chi connectivity index (χ1) is 25.5. The molecule has 0 amide bonds. The monoisotopic (exact) mass is 665 g/mol. The van der Waals surface area contributed by atoms with Crippen molar-refractivity contribution < 1.29 is 0 Å². The lowest BCUT2D eigenvalue weighted by Crippen LogP contribution is -2.28. The van der Waals surface area contributed by atoms with Gasteiger partial charge in [-0.2, -0.15) is 0 Å². The van der Waals surface area contributed by atoms with E-state index in [0.717, 1.165) is 16.7 Å². The van der Waals surface area contributed by atoms with E-state index in [1.807, 2.05) is 18.2 Å². The second-order valence-corrected chi connectivity index (χ2v) is 14.4. The van der Waals surface area contributed by atoms with E-state index in [0.29, 0.717) is 17.5 Å². The molecule has 1 aromatic heterocycles. The fourth-order valence-electron chi connectivity index (χ4n) is 8.78. The van der Waals surface area contributed by atoms with Crippen molar-refractivity contribution in [1.82, 2.24) is 15.0 Å². The smallest absolute Gasteiger partial charge is 0.164 e. The van der Waals surface area contributed by atoms with E-state index >= 15 is 0 Å². The lowest BCUT2D eigenvalue weighted by Gasteiger charge is -2.33. The van der Waals surface area contributed by atoms with Gasteiger partial charge in [-0.25, -0.2) is 15.0 Å². The van der Waals surface area contributed by atoms with E-state index in [4.69, 9.17) is 15.0 Å². The van der Waals surface area contributed by atoms with Gasteiger partial charge in [0.2, 0.25) is 0 Å². The fraction of sp³-hybridized carbons (Fsp3) is 0.0816. The highest BCUT2D eigenvalue weighted by atomic mass is 15.0. The maximum atomic E-state index is 5.23. The van der Waals surface area contributed by atoms with Crippen molar-refractivity contribution in [2.75, 3.05) is 0 Å². The van der Waals surface area contributed by atoms with Crippen LogP contribution in [0.3, 0.4) is 0 Å². The van der Waals surface area contributed by atoms with Gasteiger partial charge >= 0.3 is 0 Å². The van der Waals surface area contributed by atoms with Crippen molar-refractivity contribution in [3.8, 4) is 56.4 Å². The Morgan fingerprint density at radius 3 is 1.40 bits per heavy atom. The molecule has 0 saturated heterocycles. The molecule has 0 radical (unpaired) electrons. The summed E-state index contributed by atoms with van der Waals surface area (Å²) in [5, 5.41) is 0. The minimum atomic E-state index is -0.457. The van der Waals surface area contributed by atoms with Crippen LogP contribution < -0.4 is 0 Å². The zero-order valence-electron chi connectivity index (χ0n) is 29.1. The molecule has 0 saturated carbocycles. The molecule has 0 atom stereocenters. The number of nitrogens with zero attached hydrogens (tertiary/aromatic N) is 3. The molecule has 52 heavy (non-hydrogen) atoms. The van der Waals surface area contributed by atoms with Crippen molar-refractivity contribution in [3.05, 3.63) is 209 Å². The average molecular weight is 666 g/mol. The first-order valence-corrected chi connectivity index (χ1v) is 18.0. The molecule has 8 aromatic rings. The van der Waals surface area contributed by atoms with Crippen LogP contribution in [0.2, 0.25) is 0 Å². The van der Waals surface area contributed by atoms with Crippen LogP contribution in [0.5, 0.6) is 0 Å². The molecule has 0 bridgehead atoms. The summed E-state index contributed by atoms with van der Waals surface area (Å²) >= 11 is 0. The summed E-state index contributed by atoms with van der Waals surface area (Å²) in [6.07, 6.45) is 0. The van der Waals surface area contributed by atoms with Gasteiger partial charge in [-0.3, -0.25) is 0 Å². The molecule has 246 valence electrons. The Bertz CT molecular complexity index is 2600. The van der Waals surface area contributed by atoms with Gasteiger partial charge in [0, 0.05) is 22.1 Å². The molecule has 2 aliphatic rings. The summed E-state index contributed by atoms with van der Waals surface area (Å²) in [4.78, 5) is 15.5. The molecule has 2 aliphatic carbocycles. The van der Waals surface area contributed by atoms with Gasteiger partial charge < -0.3 is 0 Å². The highest BCUT2D eigenvalue weighted by Crippen LogP contribution is 2.56. The molecule has 0 aliphatic heterocycles. The summed E-state index contributed by atoms with van der Waals surface area (Å²) < 4.78 is 0. The Balaban J connectivity index is 1.18. The predicted molar refractivity (Wildman–Crippen MR) is 211 cm³/mol. The van der Waals surface area contributed by atoms with Crippen LogP contribution in [-0.4, -0.2) is 15.0 Å². The summed E-state index contributed by atoms with van der Waals surface area (Å²) in [5.41, 5.74) is 15.0. The highest BCUT2D eigenvalue weighted by Gasteiger charge is 2.46. The average Bonchev–Trinajstić information content (AvgIpc) is 3.64. The van der Waals surface area contributed by atoms with E-state index in [1.54, 1.807) is 0 Å². The topological polar surface area (TPSA) is 38.7 Å². The second-order valence-electron chi connectivity index (χ2n) is 14.4. The molecule has 0 N–H and O–H groups in total. The van der Waals surface area contributed by atoms with Gasteiger partial charge in [0.25, 0.3) is 0 Å². The van der Waals surface area contributed by atoms with Crippen LogP contribution in [0.15, 0.2) is 176 Å². The third-order valence-corrected chi connectivity index (χ3v) is 11.2. The maximum absolute atomic E-state index is 5.23. The Kier molecular flexibility index (Phi) is 6.74. The normalized spacial score (nSPS) is 14.3. The Morgan fingerprint density at radius 2 is 0.769 bits per heavy atom. The lowest BCUT2D eigenvalue weighted by atomic mass is 9.67. The molecule has 0 fully saturated rings. The van der Waals surface area contributed by atoms with Crippen LogP contribution >= 0.6 is 0 Å². The third-order valence-electron chi connectivity index (χ3n) is 11.2. The van der Waals surface area contributed by atoms with Crippen LogP contribution in [0.25, 0.3) is 56.4 Å². The van der Waals surface area contributed by atoms with Crippen LogP contribution in [-0.2, 0) is 10.8 Å². The van der Waals surface area contributed by atoms with Gasteiger partial charge in [-0.15, -0.1) is 0 Å². The number of benzene rings is 7. The number of rotatable bonds is 5. The van der Waals surface area contributed by atoms with Gasteiger partial charge in [-0.1, -0.05) is 178 Å². The van der Waals surface area contributed by atoms with E-state index in [9.17, 15) is 0 Å². The Morgan fingerprint density at radius 1 is 0.327 bits per heavy atom. The van der Waals surface area contributed by atoms with Crippen molar-refractivity contribution in [1.29, 1.82) is 0 Å². The van der Waals surface area contributed by atoms with Gasteiger partial charge in [0.1, 0.15) is 0 Å². The quantitative estimate of drug-likeness (QED) is 0.184. The van der Waals surface area contributed by atoms with Gasteiger partial charge in [0.15, 0.2) is 17.5 Å². The summed E-state index contributed by atoms with van der Waals surface area (Å²) in [5.74, 6) is 1.98. The first-order valence-electron chi connectivity index (χ1n) is 18.0. The largest absolute Gasteiger partial charge is 0.208 e. The van der Waals surface area contributed by atoms with Gasteiger partial charge in [-0.05, 0) is 67.8 Å². The minimum Gasteiger partial charge on any atom is -0.208 e. The van der Waals surface area contributed by atoms with Crippen LogP contribution in [0, 0.1) is 0 Å². The zero-order chi connectivity index (χ0) is 34.9. The molecule has 1 heterocycles. The van der Waals surface area contributed by atoms with Crippen molar-refractivity contribution >= 4 is 0 Å². The Hall–Kier alpha value is -6.45. The number of hydrogen-bond acceptors (Lipinski definition) is 3. The molecule has 7 aromatic carbocycles. The van der Waals surface area contributed by atoms with Crippen molar-refractivity contribution in [2.24, 2.45) is 0 Å².